The molecule has 1 heterocycles. The highest BCUT2D eigenvalue weighted by atomic mass is 16.4. The number of carboxylic acids is 1. The molecular formula is C12H17NO3. The fourth-order valence-corrected chi connectivity index (χ4v) is 2.42. The van der Waals surface area contributed by atoms with Gasteiger partial charge in [0.05, 0.1) is 5.69 Å². The van der Waals surface area contributed by atoms with Crippen LogP contribution in [0, 0.1) is 6.92 Å². The Hall–Kier alpha value is -1.32. The first kappa shape index (κ1) is 11.2. The Morgan fingerprint density at radius 1 is 1.31 bits per heavy atom. The van der Waals surface area contributed by atoms with Crippen molar-refractivity contribution in [2.24, 2.45) is 0 Å². The number of aromatic nitrogens is 1. The van der Waals surface area contributed by atoms with Crippen LogP contribution in [0.4, 0.5) is 0 Å². The Morgan fingerprint density at radius 2 is 1.94 bits per heavy atom. The maximum Gasteiger partial charge on any atom is 0.392 e. The molecule has 16 heavy (non-hydrogen) atoms. The summed E-state index contributed by atoms with van der Waals surface area (Å²) >= 11 is 0. The first-order chi connectivity index (χ1) is 7.68. The molecular weight excluding hydrogens is 206 g/mol. The number of rotatable bonds is 2. The summed E-state index contributed by atoms with van der Waals surface area (Å²) in [6.45, 7) is 1.83. The molecule has 0 aromatic carbocycles. The van der Waals surface area contributed by atoms with Crippen LogP contribution in [-0.2, 0) is 0 Å². The molecule has 1 fully saturated rings. The van der Waals surface area contributed by atoms with E-state index in [9.17, 15) is 4.79 Å². The molecule has 4 nitrogen and oxygen atoms in total. The molecule has 0 atom stereocenters. The van der Waals surface area contributed by atoms with E-state index in [1.165, 1.54) is 25.7 Å². The molecule has 0 radical (unpaired) electrons. The largest absolute Gasteiger partial charge is 0.474 e. The normalized spacial score (nSPS) is 18.3. The molecule has 0 amide bonds. The summed E-state index contributed by atoms with van der Waals surface area (Å²) in [6, 6.07) is 0. The lowest BCUT2D eigenvalue weighted by Gasteiger charge is -2.10. The number of hydrogen-bond acceptors (Lipinski definition) is 3. The van der Waals surface area contributed by atoms with E-state index in [0.29, 0.717) is 5.92 Å². The van der Waals surface area contributed by atoms with Crippen molar-refractivity contribution in [2.45, 2.75) is 51.4 Å². The van der Waals surface area contributed by atoms with E-state index < -0.39 is 5.97 Å². The molecule has 1 aromatic heterocycles. The quantitative estimate of drug-likeness (QED) is 0.782. The summed E-state index contributed by atoms with van der Waals surface area (Å²) in [5.74, 6) is -0.0953. The van der Waals surface area contributed by atoms with Crippen molar-refractivity contribution in [2.75, 3.05) is 0 Å². The van der Waals surface area contributed by atoms with Crippen LogP contribution in [0.3, 0.4) is 0 Å². The van der Waals surface area contributed by atoms with Gasteiger partial charge in [0.1, 0.15) is 5.76 Å². The molecule has 1 aliphatic carbocycles. The molecule has 0 saturated heterocycles. The van der Waals surface area contributed by atoms with Gasteiger partial charge >= 0.3 is 11.9 Å². The summed E-state index contributed by atoms with van der Waals surface area (Å²) in [4.78, 5) is 14.7. The van der Waals surface area contributed by atoms with Crippen molar-refractivity contribution in [3.63, 3.8) is 0 Å². The lowest BCUT2D eigenvalue weighted by atomic mass is 9.96. The standard InChI is InChI=1S/C12H17NO3/c1-8-10(16-11(13-8)12(14)15)9-6-4-2-3-5-7-9/h9H,2-7H2,1H3,(H,14,15). The summed E-state index contributed by atoms with van der Waals surface area (Å²) in [7, 11) is 0. The maximum atomic E-state index is 10.8. The second kappa shape index (κ2) is 4.68. The fourth-order valence-electron chi connectivity index (χ4n) is 2.42. The van der Waals surface area contributed by atoms with Gasteiger partial charge in [-0.1, -0.05) is 25.7 Å². The van der Waals surface area contributed by atoms with Gasteiger partial charge in [0.2, 0.25) is 0 Å². The third-order valence-electron chi connectivity index (χ3n) is 3.24. The van der Waals surface area contributed by atoms with Crippen LogP contribution in [0.2, 0.25) is 0 Å². The Bertz CT molecular complexity index is 376. The van der Waals surface area contributed by atoms with Crippen molar-refractivity contribution in [3.05, 3.63) is 17.3 Å². The molecule has 1 aliphatic rings. The number of aromatic carboxylic acids is 1. The van der Waals surface area contributed by atoms with E-state index in [2.05, 4.69) is 4.98 Å². The van der Waals surface area contributed by atoms with Gasteiger partial charge in [0.25, 0.3) is 0 Å². The van der Waals surface area contributed by atoms with Crippen LogP contribution in [0.5, 0.6) is 0 Å². The average Bonchev–Trinajstić information content (AvgIpc) is 2.50. The Kier molecular flexibility index (Phi) is 3.27. The highest BCUT2D eigenvalue weighted by Crippen LogP contribution is 2.33. The van der Waals surface area contributed by atoms with Crippen LogP contribution < -0.4 is 0 Å². The third kappa shape index (κ3) is 2.26. The maximum absolute atomic E-state index is 10.8. The monoisotopic (exact) mass is 223 g/mol. The van der Waals surface area contributed by atoms with Crippen LogP contribution in [0.25, 0.3) is 0 Å². The predicted molar refractivity (Wildman–Crippen MR) is 58.6 cm³/mol. The van der Waals surface area contributed by atoms with Gasteiger partial charge in [-0.3, -0.25) is 0 Å². The van der Waals surface area contributed by atoms with Crippen LogP contribution in [-0.4, -0.2) is 16.1 Å². The first-order valence-electron chi connectivity index (χ1n) is 5.89. The molecule has 88 valence electrons. The summed E-state index contributed by atoms with van der Waals surface area (Å²) in [5.41, 5.74) is 0.740. The number of hydrogen-bond donors (Lipinski definition) is 1. The number of oxazole rings is 1. The molecule has 0 spiro atoms. The minimum atomic E-state index is -1.08. The first-order valence-corrected chi connectivity index (χ1v) is 5.89. The zero-order chi connectivity index (χ0) is 11.5. The van der Waals surface area contributed by atoms with E-state index in [0.717, 1.165) is 24.3 Å². The lowest BCUT2D eigenvalue weighted by molar-refractivity contribution is 0.0650. The molecule has 1 N–H and O–H groups in total. The second-order valence-electron chi connectivity index (χ2n) is 4.46. The molecule has 4 heteroatoms. The minimum Gasteiger partial charge on any atom is -0.474 e. The van der Waals surface area contributed by atoms with Crippen molar-refractivity contribution in [3.8, 4) is 0 Å². The van der Waals surface area contributed by atoms with E-state index in [-0.39, 0.29) is 5.89 Å². The number of nitrogens with zero attached hydrogens (tertiary/aromatic N) is 1. The van der Waals surface area contributed by atoms with Crippen molar-refractivity contribution in [1.82, 2.24) is 4.98 Å². The Morgan fingerprint density at radius 3 is 2.44 bits per heavy atom. The zero-order valence-electron chi connectivity index (χ0n) is 9.53. The van der Waals surface area contributed by atoms with Crippen LogP contribution in [0.1, 0.15) is 66.6 Å². The summed E-state index contributed by atoms with van der Waals surface area (Å²) in [6.07, 6.45) is 7.13. The van der Waals surface area contributed by atoms with Gasteiger partial charge in [-0.15, -0.1) is 0 Å². The lowest BCUT2D eigenvalue weighted by Crippen LogP contribution is -1.97. The number of carbonyl (C=O) groups is 1. The molecule has 2 rings (SSSR count). The van der Waals surface area contributed by atoms with E-state index in [1.807, 2.05) is 6.92 Å². The predicted octanol–water partition coefficient (Wildman–Crippen LogP) is 3.12. The molecule has 1 aromatic rings. The van der Waals surface area contributed by atoms with Gasteiger partial charge in [-0.25, -0.2) is 9.78 Å². The van der Waals surface area contributed by atoms with Gasteiger partial charge < -0.3 is 9.52 Å². The molecule has 1 saturated carbocycles. The Balaban J connectivity index is 2.21. The summed E-state index contributed by atoms with van der Waals surface area (Å²) < 4.78 is 5.36. The number of aryl methyl sites for hydroxylation is 1. The zero-order valence-corrected chi connectivity index (χ0v) is 9.53. The van der Waals surface area contributed by atoms with Crippen molar-refractivity contribution in [1.29, 1.82) is 0 Å². The van der Waals surface area contributed by atoms with Gasteiger partial charge in [0, 0.05) is 5.92 Å². The summed E-state index contributed by atoms with van der Waals surface area (Å²) in [5, 5.41) is 8.82. The topological polar surface area (TPSA) is 63.3 Å². The van der Waals surface area contributed by atoms with E-state index in [1.54, 1.807) is 0 Å². The third-order valence-corrected chi connectivity index (χ3v) is 3.24. The molecule has 0 aliphatic heterocycles. The van der Waals surface area contributed by atoms with Crippen LogP contribution >= 0.6 is 0 Å². The molecule has 0 bridgehead atoms. The van der Waals surface area contributed by atoms with E-state index in [4.69, 9.17) is 9.52 Å². The highest BCUT2D eigenvalue weighted by Gasteiger charge is 2.23. The van der Waals surface area contributed by atoms with Crippen molar-refractivity contribution < 1.29 is 14.3 Å². The second-order valence-corrected chi connectivity index (χ2v) is 4.46. The Labute approximate surface area is 94.7 Å². The average molecular weight is 223 g/mol. The van der Waals surface area contributed by atoms with Crippen molar-refractivity contribution >= 4 is 5.97 Å². The van der Waals surface area contributed by atoms with Gasteiger partial charge in [0.15, 0.2) is 0 Å². The number of carboxylic acid groups (broad SMARTS) is 1. The van der Waals surface area contributed by atoms with Crippen LogP contribution in [0.15, 0.2) is 4.42 Å². The SMILES string of the molecule is Cc1nc(C(=O)O)oc1C1CCCCCC1. The van der Waals surface area contributed by atoms with Gasteiger partial charge in [-0.05, 0) is 19.8 Å². The minimum absolute atomic E-state index is 0.170. The smallest absolute Gasteiger partial charge is 0.392 e. The highest BCUT2D eigenvalue weighted by molar-refractivity contribution is 5.82. The van der Waals surface area contributed by atoms with Gasteiger partial charge in [-0.2, -0.15) is 0 Å². The van der Waals surface area contributed by atoms with E-state index >= 15 is 0 Å². The molecule has 0 unspecified atom stereocenters. The fraction of sp³-hybridized carbons (Fsp3) is 0.667.